The van der Waals surface area contributed by atoms with Crippen molar-refractivity contribution >= 4 is 5.96 Å². The summed E-state index contributed by atoms with van der Waals surface area (Å²) in [4.78, 5) is 4.58. The van der Waals surface area contributed by atoms with E-state index in [4.69, 9.17) is 4.74 Å². The molecule has 0 aliphatic carbocycles. The van der Waals surface area contributed by atoms with Crippen LogP contribution in [0.1, 0.15) is 33.4 Å². The lowest BCUT2D eigenvalue weighted by atomic mass is 9.89. The summed E-state index contributed by atoms with van der Waals surface area (Å²) in [6, 6.07) is 1.97. The van der Waals surface area contributed by atoms with E-state index in [2.05, 4.69) is 48.4 Å². The third-order valence-electron chi connectivity index (χ3n) is 3.37. The fourth-order valence-corrected chi connectivity index (χ4v) is 1.99. The van der Waals surface area contributed by atoms with Crippen LogP contribution in [0.25, 0.3) is 0 Å². The Bertz CT molecular complexity index is 447. The molecule has 0 saturated heterocycles. The van der Waals surface area contributed by atoms with Gasteiger partial charge in [-0.2, -0.15) is 5.10 Å². The largest absolute Gasteiger partial charge is 0.379 e. The molecule has 21 heavy (non-hydrogen) atoms. The monoisotopic (exact) mass is 295 g/mol. The number of aryl methyl sites for hydroxylation is 1. The summed E-state index contributed by atoms with van der Waals surface area (Å²) in [5.74, 6) is 0.796. The van der Waals surface area contributed by atoms with Gasteiger partial charge in [-0.1, -0.05) is 20.8 Å². The molecule has 0 amide bonds. The minimum atomic E-state index is 0.0844. The number of nitrogens with zero attached hydrogens (tertiary/aromatic N) is 3. The summed E-state index contributed by atoms with van der Waals surface area (Å²) in [6.45, 7) is 10.7. The topological polar surface area (TPSA) is 63.5 Å². The molecule has 0 aliphatic rings. The van der Waals surface area contributed by atoms with Gasteiger partial charge in [-0.3, -0.25) is 4.68 Å². The average molecular weight is 295 g/mol. The number of hydrogen-bond donors (Lipinski definition) is 2. The Balaban J connectivity index is 2.62. The molecule has 0 bridgehead atoms. The predicted molar refractivity (Wildman–Crippen MR) is 86.3 cm³/mol. The summed E-state index contributed by atoms with van der Waals surface area (Å²) in [5.41, 5.74) is 1.16. The first-order valence-corrected chi connectivity index (χ1v) is 7.40. The average Bonchev–Trinajstić information content (AvgIpc) is 2.80. The van der Waals surface area contributed by atoms with Gasteiger partial charge in [-0.05, 0) is 18.4 Å². The second kappa shape index (κ2) is 8.02. The first kappa shape index (κ1) is 17.5. The molecule has 1 atom stereocenters. The molecule has 0 spiro atoms. The van der Waals surface area contributed by atoms with E-state index in [1.54, 1.807) is 13.3 Å². The molecule has 1 heterocycles. The second-order valence-corrected chi connectivity index (χ2v) is 6.11. The number of nitrogens with one attached hydrogen (secondary N) is 2. The highest BCUT2D eigenvalue weighted by Gasteiger charge is 2.24. The van der Waals surface area contributed by atoms with Crippen molar-refractivity contribution in [2.24, 2.45) is 17.5 Å². The number of methoxy groups -OCH3 is 1. The van der Waals surface area contributed by atoms with E-state index in [-0.39, 0.29) is 11.5 Å². The van der Waals surface area contributed by atoms with Crippen LogP contribution in [0.3, 0.4) is 0 Å². The first-order chi connectivity index (χ1) is 9.88. The third kappa shape index (κ3) is 5.75. The molecular formula is C15H29N5O. The smallest absolute Gasteiger partial charge is 0.191 e. The Morgan fingerprint density at radius 2 is 2.14 bits per heavy atom. The third-order valence-corrected chi connectivity index (χ3v) is 3.37. The van der Waals surface area contributed by atoms with Crippen molar-refractivity contribution in [1.29, 1.82) is 0 Å². The second-order valence-electron chi connectivity index (χ2n) is 6.11. The van der Waals surface area contributed by atoms with Crippen molar-refractivity contribution in [3.63, 3.8) is 0 Å². The van der Waals surface area contributed by atoms with E-state index in [1.165, 1.54) is 0 Å². The van der Waals surface area contributed by atoms with Crippen molar-refractivity contribution in [2.45, 2.75) is 40.3 Å². The molecule has 1 unspecified atom stereocenters. The van der Waals surface area contributed by atoms with Gasteiger partial charge < -0.3 is 15.4 Å². The van der Waals surface area contributed by atoms with Crippen molar-refractivity contribution in [3.05, 3.63) is 18.0 Å². The zero-order valence-corrected chi connectivity index (χ0v) is 14.1. The van der Waals surface area contributed by atoms with Crippen LogP contribution in [0, 0.1) is 5.41 Å². The zero-order chi connectivity index (χ0) is 15.9. The summed E-state index contributed by atoms with van der Waals surface area (Å²) in [5, 5.41) is 10.7. The van der Waals surface area contributed by atoms with E-state index >= 15 is 0 Å². The van der Waals surface area contributed by atoms with Gasteiger partial charge in [-0.25, -0.2) is 4.99 Å². The number of rotatable bonds is 6. The molecule has 0 aromatic carbocycles. The summed E-state index contributed by atoms with van der Waals surface area (Å²) in [7, 11) is 3.67. The van der Waals surface area contributed by atoms with Crippen LogP contribution >= 0.6 is 0 Å². The van der Waals surface area contributed by atoms with Crippen molar-refractivity contribution in [3.8, 4) is 0 Å². The van der Waals surface area contributed by atoms with Gasteiger partial charge in [0.2, 0.25) is 0 Å². The van der Waals surface area contributed by atoms with E-state index in [1.807, 2.05) is 17.8 Å². The summed E-state index contributed by atoms with van der Waals surface area (Å²) >= 11 is 0. The van der Waals surface area contributed by atoms with E-state index in [0.717, 1.165) is 24.7 Å². The fraction of sp³-hybridized carbons (Fsp3) is 0.733. The maximum Gasteiger partial charge on any atom is 0.191 e. The Kier molecular flexibility index (Phi) is 6.68. The lowest BCUT2D eigenvalue weighted by molar-refractivity contribution is 0.0205. The number of aromatic nitrogens is 2. The molecule has 0 fully saturated rings. The van der Waals surface area contributed by atoms with Crippen molar-refractivity contribution in [2.75, 3.05) is 20.2 Å². The normalized spacial score (nSPS) is 14.1. The minimum Gasteiger partial charge on any atom is -0.379 e. The van der Waals surface area contributed by atoms with Crippen LogP contribution in [0.5, 0.6) is 0 Å². The molecule has 1 aromatic heterocycles. The van der Waals surface area contributed by atoms with E-state index in [9.17, 15) is 0 Å². The number of ether oxygens (including phenoxy) is 1. The number of aliphatic imine (C=N–C) groups is 1. The Hall–Kier alpha value is -1.56. The molecule has 1 rings (SSSR count). The Labute approximate surface area is 128 Å². The molecule has 120 valence electrons. The van der Waals surface area contributed by atoms with E-state index in [0.29, 0.717) is 6.54 Å². The number of guanidine groups is 1. The van der Waals surface area contributed by atoms with Crippen molar-refractivity contribution < 1.29 is 4.74 Å². The zero-order valence-electron chi connectivity index (χ0n) is 14.1. The molecule has 0 radical (unpaired) electrons. The molecule has 2 N–H and O–H groups in total. The highest BCUT2D eigenvalue weighted by atomic mass is 16.5. The van der Waals surface area contributed by atoms with E-state index < -0.39 is 0 Å². The molecule has 0 saturated carbocycles. The molecule has 0 aliphatic heterocycles. The SMILES string of the molecule is CCNC(=NCc1ccnn1C)NCC(OC)C(C)(C)C. The summed E-state index contributed by atoms with van der Waals surface area (Å²) < 4.78 is 7.39. The van der Waals surface area contributed by atoms with Gasteiger partial charge in [0.1, 0.15) is 0 Å². The standard InChI is InChI=1S/C15H29N5O/c1-7-16-14(17-10-12-8-9-19-20(12)5)18-11-13(21-6)15(2,3)4/h8-9,13H,7,10-11H2,1-6H3,(H2,16,17,18). The van der Waals surface area contributed by atoms with Gasteiger partial charge in [0, 0.05) is 33.4 Å². The van der Waals surface area contributed by atoms with Crippen LogP contribution in [0.4, 0.5) is 0 Å². The lowest BCUT2D eigenvalue weighted by Gasteiger charge is -2.30. The molecular weight excluding hydrogens is 266 g/mol. The van der Waals surface area contributed by atoms with Crippen LogP contribution in [0.2, 0.25) is 0 Å². The summed E-state index contributed by atoms with van der Waals surface area (Å²) in [6.07, 6.45) is 1.91. The van der Waals surface area contributed by atoms with Crippen LogP contribution in [-0.4, -0.2) is 42.0 Å². The predicted octanol–water partition coefficient (Wildman–Crippen LogP) is 1.54. The van der Waals surface area contributed by atoms with Crippen LogP contribution in [-0.2, 0) is 18.3 Å². The molecule has 1 aromatic rings. The fourth-order valence-electron chi connectivity index (χ4n) is 1.99. The van der Waals surface area contributed by atoms with Crippen LogP contribution < -0.4 is 10.6 Å². The van der Waals surface area contributed by atoms with Gasteiger partial charge in [-0.15, -0.1) is 0 Å². The van der Waals surface area contributed by atoms with Gasteiger partial charge in [0.25, 0.3) is 0 Å². The van der Waals surface area contributed by atoms with Gasteiger partial charge >= 0.3 is 0 Å². The Morgan fingerprint density at radius 1 is 1.43 bits per heavy atom. The maximum atomic E-state index is 5.55. The van der Waals surface area contributed by atoms with Gasteiger partial charge in [0.15, 0.2) is 5.96 Å². The first-order valence-electron chi connectivity index (χ1n) is 7.40. The van der Waals surface area contributed by atoms with Gasteiger partial charge in [0.05, 0.1) is 18.3 Å². The highest BCUT2D eigenvalue weighted by Crippen LogP contribution is 2.20. The Morgan fingerprint density at radius 3 is 2.62 bits per heavy atom. The number of hydrogen-bond acceptors (Lipinski definition) is 3. The maximum absolute atomic E-state index is 5.55. The van der Waals surface area contributed by atoms with Crippen molar-refractivity contribution in [1.82, 2.24) is 20.4 Å². The quantitative estimate of drug-likeness (QED) is 0.617. The lowest BCUT2D eigenvalue weighted by Crippen LogP contribution is -2.45. The highest BCUT2D eigenvalue weighted by molar-refractivity contribution is 5.79. The van der Waals surface area contributed by atoms with Crippen LogP contribution in [0.15, 0.2) is 17.3 Å². The minimum absolute atomic E-state index is 0.0844. The molecule has 6 heteroatoms. The molecule has 6 nitrogen and oxygen atoms in total.